The minimum absolute atomic E-state index is 0.0262. The van der Waals surface area contributed by atoms with Crippen LogP contribution in [0.15, 0.2) is 60.0 Å². The van der Waals surface area contributed by atoms with Crippen molar-refractivity contribution in [3.63, 3.8) is 0 Å². The van der Waals surface area contributed by atoms with Crippen LogP contribution >= 0.6 is 0 Å². The highest BCUT2D eigenvalue weighted by Gasteiger charge is 2.55. The lowest BCUT2D eigenvalue weighted by molar-refractivity contribution is -0.156. The fraction of sp³-hybridized carbons (Fsp3) is 0.444. The highest BCUT2D eigenvalue weighted by atomic mass is 16.6. The Bertz CT molecular complexity index is 977. The summed E-state index contributed by atoms with van der Waals surface area (Å²) in [4.78, 5) is 12.1. The van der Waals surface area contributed by atoms with E-state index in [9.17, 15) is 15.0 Å². The molecule has 0 radical (unpaired) electrons. The molecule has 2 saturated carbocycles. The van der Waals surface area contributed by atoms with Gasteiger partial charge in [0.15, 0.2) is 5.76 Å². The normalized spacial score (nSPS) is 25.2. The van der Waals surface area contributed by atoms with Gasteiger partial charge in [-0.05, 0) is 48.3 Å². The van der Waals surface area contributed by atoms with E-state index in [1.807, 2.05) is 24.3 Å². The van der Waals surface area contributed by atoms with Crippen molar-refractivity contribution in [2.24, 2.45) is 5.92 Å². The number of esters is 1. The lowest BCUT2D eigenvalue weighted by atomic mass is 9.78. The van der Waals surface area contributed by atoms with E-state index in [4.69, 9.17) is 4.74 Å². The second-order valence-electron chi connectivity index (χ2n) is 9.34. The molecule has 4 heteroatoms. The molecule has 1 unspecified atom stereocenters. The lowest BCUT2D eigenvalue weighted by Crippen LogP contribution is -2.37. The summed E-state index contributed by atoms with van der Waals surface area (Å²) in [7, 11) is 0. The Balaban J connectivity index is 1.43. The SMILES string of the molecule is O=C1OC(c2ccc(-c3ccc(C4CCCCC4)cc3)cc2)(C2CCCC2)C(O)=C1O. The van der Waals surface area contributed by atoms with E-state index in [-0.39, 0.29) is 11.7 Å². The van der Waals surface area contributed by atoms with Crippen molar-refractivity contribution >= 4 is 5.97 Å². The van der Waals surface area contributed by atoms with Crippen LogP contribution in [0, 0.1) is 5.92 Å². The van der Waals surface area contributed by atoms with Crippen molar-refractivity contribution in [2.45, 2.75) is 69.3 Å². The fourth-order valence-corrected chi connectivity index (χ4v) is 5.85. The molecule has 2 aromatic rings. The highest BCUT2D eigenvalue weighted by Crippen LogP contribution is 2.51. The second kappa shape index (κ2) is 8.07. The summed E-state index contributed by atoms with van der Waals surface area (Å²) < 4.78 is 5.66. The van der Waals surface area contributed by atoms with E-state index < -0.39 is 17.3 Å². The Labute approximate surface area is 183 Å². The van der Waals surface area contributed by atoms with Crippen LogP contribution in [0.1, 0.15) is 74.8 Å². The van der Waals surface area contributed by atoms with Gasteiger partial charge in [0.25, 0.3) is 0 Å². The lowest BCUT2D eigenvalue weighted by Gasteiger charge is -2.34. The number of ether oxygens (including phenoxy) is 1. The smallest absolute Gasteiger partial charge is 0.378 e. The molecule has 162 valence electrons. The number of hydrogen-bond acceptors (Lipinski definition) is 4. The summed E-state index contributed by atoms with van der Waals surface area (Å²) in [6.45, 7) is 0. The zero-order valence-corrected chi connectivity index (χ0v) is 17.8. The quantitative estimate of drug-likeness (QED) is 0.544. The Morgan fingerprint density at radius 1 is 0.742 bits per heavy atom. The predicted octanol–water partition coefficient (Wildman–Crippen LogP) is 6.67. The van der Waals surface area contributed by atoms with Gasteiger partial charge in [0.1, 0.15) is 0 Å². The van der Waals surface area contributed by atoms with E-state index in [1.165, 1.54) is 37.7 Å². The summed E-state index contributed by atoms with van der Waals surface area (Å²) in [6, 6.07) is 16.7. The molecule has 0 bridgehead atoms. The molecule has 4 nitrogen and oxygen atoms in total. The zero-order valence-electron chi connectivity index (χ0n) is 17.8. The maximum Gasteiger partial charge on any atom is 0.378 e. The average Bonchev–Trinajstić information content (AvgIpc) is 3.44. The summed E-state index contributed by atoms with van der Waals surface area (Å²) in [5.41, 5.74) is 3.12. The van der Waals surface area contributed by atoms with Crippen LogP contribution in [0.5, 0.6) is 0 Å². The van der Waals surface area contributed by atoms with Crippen molar-refractivity contribution in [2.75, 3.05) is 0 Å². The number of hydrogen-bond donors (Lipinski definition) is 2. The summed E-state index contributed by atoms with van der Waals surface area (Å²) >= 11 is 0. The van der Waals surface area contributed by atoms with Crippen molar-refractivity contribution in [1.82, 2.24) is 0 Å². The van der Waals surface area contributed by atoms with Crippen molar-refractivity contribution in [1.29, 1.82) is 0 Å². The Morgan fingerprint density at radius 2 is 1.29 bits per heavy atom. The predicted molar refractivity (Wildman–Crippen MR) is 120 cm³/mol. The summed E-state index contributed by atoms with van der Waals surface area (Å²) in [6.07, 6.45) is 10.4. The minimum Gasteiger partial charge on any atom is -0.505 e. The van der Waals surface area contributed by atoms with Gasteiger partial charge in [0, 0.05) is 11.5 Å². The molecule has 1 heterocycles. The molecular formula is C27H30O4. The van der Waals surface area contributed by atoms with Crippen LogP contribution in [0.2, 0.25) is 0 Å². The van der Waals surface area contributed by atoms with Gasteiger partial charge >= 0.3 is 5.97 Å². The molecule has 2 N–H and O–H groups in total. The van der Waals surface area contributed by atoms with Crippen LogP contribution in [-0.2, 0) is 15.1 Å². The molecule has 5 rings (SSSR count). The van der Waals surface area contributed by atoms with Gasteiger partial charge in [0.05, 0.1) is 0 Å². The molecule has 0 aromatic heterocycles. The van der Waals surface area contributed by atoms with E-state index in [1.54, 1.807) is 0 Å². The van der Waals surface area contributed by atoms with Gasteiger partial charge in [-0.25, -0.2) is 4.79 Å². The third-order valence-corrected chi connectivity index (χ3v) is 7.59. The topological polar surface area (TPSA) is 66.8 Å². The average molecular weight is 419 g/mol. The number of aliphatic hydroxyl groups excluding tert-OH is 2. The van der Waals surface area contributed by atoms with Gasteiger partial charge < -0.3 is 14.9 Å². The number of cyclic esters (lactones) is 1. The molecule has 0 amide bonds. The molecule has 1 atom stereocenters. The first-order valence-electron chi connectivity index (χ1n) is 11.7. The zero-order chi connectivity index (χ0) is 21.4. The van der Waals surface area contributed by atoms with Gasteiger partial charge in [0.2, 0.25) is 11.4 Å². The van der Waals surface area contributed by atoms with Crippen LogP contribution in [-0.4, -0.2) is 16.2 Å². The molecule has 0 saturated heterocycles. The van der Waals surface area contributed by atoms with Gasteiger partial charge in [-0.1, -0.05) is 80.6 Å². The maximum absolute atomic E-state index is 12.1. The number of benzene rings is 2. The standard InChI is InChI=1S/C27H30O4/c28-24-25(29)27(31-26(24)30,22-8-4-5-9-22)23-16-14-21(15-17-23)20-12-10-19(11-13-20)18-6-2-1-3-7-18/h10-18,22,28-29H,1-9H2. The first-order valence-corrected chi connectivity index (χ1v) is 11.7. The van der Waals surface area contributed by atoms with Crippen LogP contribution < -0.4 is 0 Å². The Morgan fingerprint density at radius 3 is 1.84 bits per heavy atom. The van der Waals surface area contributed by atoms with Crippen LogP contribution in [0.4, 0.5) is 0 Å². The molecule has 2 fully saturated rings. The van der Waals surface area contributed by atoms with E-state index in [2.05, 4.69) is 24.3 Å². The first kappa shape index (κ1) is 20.2. The maximum atomic E-state index is 12.1. The van der Waals surface area contributed by atoms with E-state index >= 15 is 0 Å². The fourth-order valence-electron chi connectivity index (χ4n) is 5.85. The number of carbonyl (C=O) groups is 1. The van der Waals surface area contributed by atoms with Gasteiger partial charge in [-0.15, -0.1) is 0 Å². The van der Waals surface area contributed by atoms with Crippen LogP contribution in [0.3, 0.4) is 0 Å². The minimum atomic E-state index is -1.26. The molecule has 3 aliphatic rings. The third-order valence-electron chi connectivity index (χ3n) is 7.59. The van der Waals surface area contributed by atoms with E-state index in [0.29, 0.717) is 5.92 Å². The van der Waals surface area contributed by atoms with Crippen molar-refractivity contribution < 1.29 is 19.7 Å². The number of aliphatic hydroxyl groups is 2. The summed E-state index contributed by atoms with van der Waals surface area (Å²) in [5, 5.41) is 20.8. The number of carbonyl (C=O) groups excluding carboxylic acids is 1. The molecule has 0 spiro atoms. The third kappa shape index (κ3) is 3.42. The van der Waals surface area contributed by atoms with Crippen molar-refractivity contribution in [3.05, 3.63) is 71.2 Å². The molecular weight excluding hydrogens is 388 g/mol. The summed E-state index contributed by atoms with van der Waals surface area (Å²) in [5.74, 6) is -1.17. The molecule has 2 aromatic carbocycles. The molecule has 2 aliphatic carbocycles. The van der Waals surface area contributed by atoms with Gasteiger partial charge in [-0.3, -0.25) is 0 Å². The second-order valence-corrected chi connectivity index (χ2v) is 9.34. The highest BCUT2D eigenvalue weighted by molar-refractivity contribution is 5.90. The Hall–Kier alpha value is -2.75. The molecule has 1 aliphatic heterocycles. The van der Waals surface area contributed by atoms with Gasteiger partial charge in [-0.2, -0.15) is 0 Å². The molecule has 31 heavy (non-hydrogen) atoms. The first-order chi connectivity index (χ1) is 15.1. The van der Waals surface area contributed by atoms with Crippen molar-refractivity contribution in [3.8, 4) is 11.1 Å². The largest absolute Gasteiger partial charge is 0.505 e. The number of rotatable bonds is 4. The van der Waals surface area contributed by atoms with Crippen LogP contribution in [0.25, 0.3) is 11.1 Å². The van der Waals surface area contributed by atoms with E-state index in [0.717, 1.165) is 42.4 Å². The monoisotopic (exact) mass is 418 g/mol. The Kier molecular flexibility index (Phi) is 5.25.